The number of carbonyl (C=O) groups excluding carboxylic acids is 1. The molecule has 0 aromatic carbocycles. The van der Waals surface area contributed by atoms with Gasteiger partial charge in [0.05, 0.1) is 19.6 Å². The third-order valence-electron chi connectivity index (χ3n) is 6.27. The summed E-state index contributed by atoms with van der Waals surface area (Å²) in [6, 6.07) is -1.03. The Balaban J connectivity index is 3.02. The van der Waals surface area contributed by atoms with Gasteiger partial charge in [0.15, 0.2) is 0 Å². The Morgan fingerprint density at radius 3 is 1.47 bits per heavy atom. The summed E-state index contributed by atoms with van der Waals surface area (Å²) in [7, 11) is 0. The van der Waals surface area contributed by atoms with Crippen LogP contribution in [0.5, 0.6) is 0 Å². The van der Waals surface area contributed by atoms with Crippen molar-refractivity contribution < 1.29 is 44.4 Å². The second kappa shape index (κ2) is 18.4. The van der Waals surface area contributed by atoms with E-state index < -0.39 is 29.9 Å². The molecule has 38 heavy (non-hydrogen) atoms. The molecule has 1 unspecified atom stereocenters. The van der Waals surface area contributed by atoms with Crippen LogP contribution >= 0.6 is 0 Å². The van der Waals surface area contributed by atoms with Crippen molar-refractivity contribution in [3.05, 3.63) is 0 Å². The second-order valence-electron chi connectivity index (χ2n) is 9.28. The van der Waals surface area contributed by atoms with Crippen LogP contribution in [0.1, 0.15) is 25.7 Å². The molecule has 1 saturated heterocycles. The summed E-state index contributed by atoms with van der Waals surface area (Å²) in [5.74, 6) is -4.59. The van der Waals surface area contributed by atoms with E-state index in [0.29, 0.717) is 13.1 Å². The summed E-state index contributed by atoms with van der Waals surface area (Å²) >= 11 is 0. The molecule has 1 atom stereocenters. The van der Waals surface area contributed by atoms with Crippen molar-refractivity contribution in [1.82, 2.24) is 24.9 Å². The molecular formula is C23H42N6O9. The van der Waals surface area contributed by atoms with Crippen molar-refractivity contribution in [2.24, 2.45) is 5.73 Å². The van der Waals surface area contributed by atoms with E-state index in [0.717, 1.165) is 12.8 Å². The largest absolute Gasteiger partial charge is 0.480 e. The average Bonchev–Trinajstić information content (AvgIpc) is 2.81. The monoisotopic (exact) mass is 546 g/mol. The number of hydrogen-bond acceptors (Lipinski definition) is 10. The minimum Gasteiger partial charge on any atom is -0.480 e. The molecule has 0 radical (unpaired) electrons. The molecule has 1 rings (SSSR count). The third-order valence-corrected chi connectivity index (χ3v) is 6.27. The average molecular weight is 547 g/mol. The van der Waals surface area contributed by atoms with Crippen molar-refractivity contribution in [1.29, 1.82) is 0 Å². The first-order valence-corrected chi connectivity index (χ1v) is 12.8. The Labute approximate surface area is 222 Å². The predicted molar refractivity (Wildman–Crippen MR) is 136 cm³/mol. The molecule has 7 N–H and O–H groups in total. The predicted octanol–water partition coefficient (Wildman–Crippen LogP) is -2.45. The van der Waals surface area contributed by atoms with Gasteiger partial charge in [0.1, 0.15) is 6.04 Å². The Hall–Kier alpha value is -2.85. The molecular weight excluding hydrogens is 504 g/mol. The highest BCUT2D eigenvalue weighted by Crippen LogP contribution is 2.11. The molecule has 0 aromatic heterocycles. The Kier molecular flexibility index (Phi) is 16.1. The number of carbonyl (C=O) groups is 5. The number of nitrogens with zero attached hydrogens (tertiary/aromatic N) is 4. The molecule has 0 saturated carbocycles. The smallest absolute Gasteiger partial charge is 0.320 e. The molecule has 1 aliphatic heterocycles. The number of nitrogens with two attached hydrogens (primary N) is 1. The van der Waals surface area contributed by atoms with Crippen LogP contribution in [-0.2, 0) is 24.0 Å². The molecule has 15 nitrogen and oxygen atoms in total. The number of aliphatic carboxylic acids is 4. The zero-order valence-corrected chi connectivity index (χ0v) is 21.8. The fraction of sp³-hybridized carbons (Fsp3) is 0.783. The van der Waals surface area contributed by atoms with Crippen molar-refractivity contribution in [3.63, 3.8) is 0 Å². The van der Waals surface area contributed by atoms with E-state index in [1.54, 1.807) is 19.6 Å². The molecule has 1 aliphatic rings. The number of amides is 1. The molecule has 0 aliphatic carbocycles. The summed E-state index contributed by atoms with van der Waals surface area (Å²) in [4.78, 5) is 65.0. The molecule has 0 aromatic rings. The zero-order valence-electron chi connectivity index (χ0n) is 21.8. The van der Waals surface area contributed by atoms with Crippen molar-refractivity contribution >= 4 is 29.8 Å². The summed E-state index contributed by atoms with van der Waals surface area (Å²) < 4.78 is 0. The van der Waals surface area contributed by atoms with Gasteiger partial charge in [0, 0.05) is 65.3 Å². The lowest BCUT2D eigenvalue weighted by Crippen LogP contribution is -2.52. The maximum atomic E-state index is 12.2. The maximum absolute atomic E-state index is 12.2. The van der Waals surface area contributed by atoms with E-state index in [-0.39, 0.29) is 90.7 Å². The molecule has 1 heterocycles. The standard InChI is InChI=1S/C23H42N6O9/c24-5-1-2-6-25-19(30)4-3-18(23(37)38)29-13-11-27(16-21(33)34)9-7-26(15-20(31)32)8-10-28(12-14-29)17-22(35)36/h18H,1-17,24H2,(H,25,30)(H,31,32)(H,33,34)(H,35,36)(H,37,38). The molecule has 1 amide bonds. The van der Waals surface area contributed by atoms with Gasteiger partial charge in [-0.2, -0.15) is 0 Å². The third kappa shape index (κ3) is 14.8. The maximum Gasteiger partial charge on any atom is 0.320 e. The Bertz CT molecular complexity index is 752. The van der Waals surface area contributed by atoms with E-state index in [9.17, 15) is 44.4 Å². The number of rotatable bonds is 15. The van der Waals surface area contributed by atoms with Gasteiger partial charge in [-0.15, -0.1) is 0 Å². The molecule has 0 bridgehead atoms. The molecule has 0 spiro atoms. The fourth-order valence-electron chi connectivity index (χ4n) is 4.23. The first-order valence-electron chi connectivity index (χ1n) is 12.8. The number of carboxylic acid groups (broad SMARTS) is 4. The van der Waals surface area contributed by atoms with Crippen LogP contribution in [0.3, 0.4) is 0 Å². The fourth-order valence-corrected chi connectivity index (χ4v) is 4.23. The highest BCUT2D eigenvalue weighted by Gasteiger charge is 2.28. The van der Waals surface area contributed by atoms with Crippen LogP contribution in [0.15, 0.2) is 0 Å². The van der Waals surface area contributed by atoms with Crippen LogP contribution in [0.25, 0.3) is 0 Å². The van der Waals surface area contributed by atoms with Crippen LogP contribution < -0.4 is 11.1 Å². The first kappa shape index (κ1) is 33.2. The topological polar surface area (TPSA) is 217 Å². The zero-order chi connectivity index (χ0) is 28.5. The number of hydrogen-bond donors (Lipinski definition) is 6. The highest BCUT2D eigenvalue weighted by molar-refractivity contribution is 5.78. The lowest BCUT2D eigenvalue weighted by molar-refractivity contribution is -0.145. The van der Waals surface area contributed by atoms with Gasteiger partial charge in [-0.3, -0.25) is 43.6 Å². The van der Waals surface area contributed by atoms with Crippen LogP contribution in [0, 0.1) is 0 Å². The van der Waals surface area contributed by atoms with Gasteiger partial charge < -0.3 is 31.5 Å². The van der Waals surface area contributed by atoms with Crippen LogP contribution in [0.2, 0.25) is 0 Å². The highest BCUT2D eigenvalue weighted by atomic mass is 16.4. The van der Waals surface area contributed by atoms with E-state index in [2.05, 4.69) is 5.32 Å². The summed E-state index contributed by atoms with van der Waals surface area (Å²) in [6.07, 6.45) is 1.50. The quantitative estimate of drug-likeness (QED) is 0.118. The Morgan fingerprint density at radius 2 is 1.11 bits per heavy atom. The minimum atomic E-state index is -1.13. The van der Waals surface area contributed by atoms with Crippen molar-refractivity contribution in [2.45, 2.75) is 31.7 Å². The molecule has 15 heteroatoms. The number of carboxylic acids is 4. The molecule has 218 valence electrons. The van der Waals surface area contributed by atoms with Crippen molar-refractivity contribution in [2.75, 3.05) is 85.1 Å². The Morgan fingerprint density at radius 1 is 0.684 bits per heavy atom. The molecule has 1 fully saturated rings. The van der Waals surface area contributed by atoms with Gasteiger partial charge in [0.2, 0.25) is 5.91 Å². The van der Waals surface area contributed by atoms with E-state index in [1.807, 2.05) is 0 Å². The van der Waals surface area contributed by atoms with Crippen LogP contribution in [0.4, 0.5) is 0 Å². The van der Waals surface area contributed by atoms with E-state index in [4.69, 9.17) is 5.73 Å². The van der Waals surface area contributed by atoms with Gasteiger partial charge in [-0.1, -0.05) is 0 Å². The summed E-state index contributed by atoms with van der Waals surface area (Å²) in [5.41, 5.74) is 5.44. The normalized spacial score (nSPS) is 18.1. The first-order chi connectivity index (χ1) is 18.0. The van der Waals surface area contributed by atoms with Gasteiger partial charge in [0.25, 0.3) is 0 Å². The summed E-state index contributed by atoms with van der Waals surface area (Å²) in [6.45, 7) is 1.76. The van der Waals surface area contributed by atoms with Gasteiger partial charge in [-0.05, 0) is 25.8 Å². The minimum absolute atomic E-state index is 0.0160. The van der Waals surface area contributed by atoms with Crippen molar-refractivity contribution in [3.8, 4) is 0 Å². The summed E-state index contributed by atoms with van der Waals surface area (Å²) in [5, 5.41) is 40.6. The van der Waals surface area contributed by atoms with Crippen LogP contribution in [-0.4, -0.2) is 161 Å². The second-order valence-corrected chi connectivity index (χ2v) is 9.28. The van der Waals surface area contributed by atoms with Gasteiger partial charge in [-0.25, -0.2) is 0 Å². The SMILES string of the molecule is NCCCCNC(=O)CCC(C(=O)O)N1CCN(CC(=O)O)CCN(CC(=O)O)CCN(CC(=O)O)CC1. The van der Waals surface area contributed by atoms with Gasteiger partial charge >= 0.3 is 23.9 Å². The lowest BCUT2D eigenvalue weighted by Gasteiger charge is -2.35. The van der Waals surface area contributed by atoms with E-state index in [1.165, 1.54) is 0 Å². The number of nitrogens with one attached hydrogen (secondary N) is 1. The lowest BCUT2D eigenvalue weighted by atomic mass is 10.1. The number of unbranched alkanes of at least 4 members (excludes halogenated alkanes) is 1. The van der Waals surface area contributed by atoms with E-state index >= 15 is 0 Å².